The fraction of sp³-hybridized carbons (Fsp3) is 0.586. The van der Waals surface area contributed by atoms with Crippen LogP contribution in [0.15, 0.2) is 65.4 Å². The predicted molar refractivity (Wildman–Crippen MR) is 288 cm³/mol. The quantitative estimate of drug-likeness (QED) is 0.114. The minimum absolute atomic E-state index is 0.0611. The minimum atomic E-state index is -5.00. The number of benzene rings is 2. The molecule has 79 heavy (non-hydrogen) atoms. The number of pyridine rings is 2. The van der Waals surface area contributed by atoms with Gasteiger partial charge in [-0.05, 0) is 149 Å². The lowest BCUT2D eigenvalue weighted by molar-refractivity contribution is -0.143. The summed E-state index contributed by atoms with van der Waals surface area (Å²) in [6.07, 6.45) is 0.227. The molecule has 0 spiro atoms. The van der Waals surface area contributed by atoms with Crippen LogP contribution >= 0.6 is 15.9 Å². The monoisotopic (exact) mass is 1180 g/mol. The summed E-state index contributed by atoms with van der Waals surface area (Å²) in [7, 11) is 0. The van der Waals surface area contributed by atoms with Crippen LogP contribution in [0, 0.1) is 6.92 Å². The van der Waals surface area contributed by atoms with Gasteiger partial charge in [-0.3, -0.25) is 9.80 Å². The number of hydrogen-bond donors (Lipinski definition) is 0. The summed E-state index contributed by atoms with van der Waals surface area (Å²) in [5.74, 6) is 1.60. The molecule has 9 rings (SSSR count). The molecule has 5 heterocycles. The van der Waals surface area contributed by atoms with Gasteiger partial charge in [0.25, 0.3) is 0 Å². The first kappa shape index (κ1) is 59.6. The second kappa shape index (κ2) is 24.7. The van der Waals surface area contributed by atoms with Gasteiger partial charge >= 0.3 is 30.7 Å². The molecule has 21 heteroatoms. The highest BCUT2D eigenvalue weighted by Gasteiger charge is 2.45. The van der Waals surface area contributed by atoms with Crippen LogP contribution in [-0.4, -0.2) is 81.8 Å². The molecular weight excluding hydrogens is 1110 g/mol. The molecule has 0 radical (unpaired) electrons. The number of aromatic nitrogens is 2. The summed E-state index contributed by atoms with van der Waals surface area (Å²) < 4.78 is 134. The molecule has 432 valence electrons. The molecule has 2 aromatic carbocycles. The fourth-order valence-electron chi connectivity index (χ4n) is 12.4. The van der Waals surface area contributed by atoms with E-state index in [0.717, 1.165) is 116 Å². The SMILES string of the molecule is CCC1CCCN1c1cnc(N(CC)C2CCCCC2)c(CN2C(=O)O[C@H](c3cc(C(F)(F)F)cc(C(F)(F)F)c3)[C@@H]2C)c1.CCN(c1ncc(Br)cc1CN1C(=O)O[C@H](c2cc(C)cc(C(F)(F)F)c2)[C@@H]1C)C1CCCCC1. The number of rotatable bonds is 14. The van der Waals surface area contributed by atoms with Crippen molar-refractivity contribution in [1.82, 2.24) is 19.8 Å². The van der Waals surface area contributed by atoms with Crippen LogP contribution in [-0.2, 0) is 41.1 Å². The average molecular weight is 1180 g/mol. The Kier molecular flexibility index (Phi) is 18.7. The van der Waals surface area contributed by atoms with Crippen LogP contribution in [0.5, 0.6) is 0 Å². The molecule has 3 saturated heterocycles. The first-order valence-corrected chi connectivity index (χ1v) is 28.5. The number of alkyl halides is 9. The van der Waals surface area contributed by atoms with E-state index in [9.17, 15) is 49.1 Å². The molecule has 5 aliphatic rings. The minimum Gasteiger partial charge on any atom is -0.439 e. The molecule has 2 aromatic heterocycles. The van der Waals surface area contributed by atoms with E-state index in [1.54, 1.807) is 31.0 Å². The smallest absolute Gasteiger partial charge is 0.416 e. The largest absolute Gasteiger partial charge is 0.439 e. The van der Waals surface area contributed by atoms with E-state index in [4.69, 9.17) is 19.4 Å². The first-order valence-electron chi connectivity index (χ1n) is 27.8. The fourth-order valence-corrected chi connectivity index (χ4v) is 12.8. The molecule has 3 aliphatic heterocycles. The zero-order valence-corrected chi connectivity index (χ0v) is 47.2. The number of amides is 2. The van der Waals surface area contributed by atoms with Gasteiger partial charge in [0.15, 0.2) is 0 Å². The van der Waals surface area contributed by atoms with Gasteiger partial charge in [-0.15, -0.1) is 0 Å². The van der Waals surface area contributed by atoms with Crippen molar-refractivity contribution in [3.8, 4) is 0 Å². The van der Waals surface area contributed by atoms with Crippen molar-refractivity contribution in [3.63, 3.8) is 0 Å². The van der Waals surface area contributed by atoms with Gasteiger partial charge in [-0.2, -0.15) is 39.5 Å². The summed E-state index contributed by atoms with van der Waals surface area (Å²) in [6.45, 7) is 14.1. The van der Waals surface area contributed by atoms with Crippen molar-refractivity contribution in [2.45, 2.75) is 199 Å². The van der Waals surface area contributed by atoms with Crippen LogP contribution in [0.2, 0.25) is 0 Å². The second-order valence-corrected chi connectivity index (χ2v) is 22.6. The standard InChI is InChI=1S/C32H40F6N4O2.C26H31BrF3N3O2/c1-4-25-12-9-13-41(25)27-16-22(29(39-18-27)40(5-2)26-10-7-6-8-11-26)19-42-20(3)28(44-30(42)43)21-14-23(31(33,34)35)17-24(15-21)32(36,37)38;1-4-32(22-8-6-5-7-9-22)24-19(13-21(27)14-31-24)15-33-17(3)23(35-25(33)34)18-10-16(2)11-20(12-18)26(28,29)30/h14-18,20,25-26,28H,4-13,19H2,1-3H3;10-14,17,22-23H,4-9,15H2,1-3H3/t20-,25?,28-;17-,23-/m00/s1. The van der Waals surface area contributed by atoms with Crippen LogP contribution in [0.3, 0.4) is 0 Å². The van der Waals surface area contributed by atoms with Crippen LogP contribution < -0.4 is 14.7 Å². The van der Waals surface area contributed by atoms with Crippen molar-refractivity contribution >= 4 is 45.4 Å². The van der Waals surface area contributed by atoms with Crippen molar-refractivity contribution in [2.75, 3.05) is 34.3 Å². The molecule has 11 nitrogen and oxygen atoms in total. The summed E-state index contributed by atoms with van der Waals surface area (Å²) in [5, 5.41) is 0. The molecule has 2 amide bonds. The number of halogens is 10. The third-order valence-corrected chi connectivity index (χ3v) is 16.9. The number of aryl methyl sites for hydroxylation is 1. The van der Waals surface area contributed by atoms with Crippen LogP contribution in [0.1, 0.15) is 175 Å². The Morgan fingerprint density at radius 1 is 0.582 bits per heavy atom. The molecule has 2 aliphatic carbocycles. The summed E-state index contributed by atoms with van der Waals surface area (Å²) >= 11 is 3.50. The van der Waals surface area contributed by atoms with E-state index in [2.05, 4.69) is 51.4 Å². The Balaban J connectivity index is 0.000000214. The molecule has 5 atom stereocenters. The van der Waals surface area contributed by atoms with Gasteiger partial charge in [0.05, 0.1) is 53.7 Å². The average Bonchev–Trinajstić information content (AvgIpc) is 4.22. The van der Waals surface area contributed by atoms with E-state index in [-0.39, 0.29) is 24.7 Å². The van der Waals surface area contributed by atoms with Gasteiger partial charge in [-0.25, -0.2) is 19.6 Å². The molecule has 0 bridgehead atoms. The first-order chi connectivity index (χ1) is 37.4. The van der Waals surface area contributed by atoms with Crippen molar-refractivity contribution < 1.29 is 58.6 Å². The van der Waals surface area contributed by atoms with Gasteiger partial charge in [-0.1, -0.05) is 57.1 Å². The number of ether oxygens (including phenoxy) is 2. The van der Waals surface area contributed by atoms with Gasteiger partial charge in [0.2, 0.25) is 0 Å². The Hall–Kier alpha value is -5.47. The zero-order valence-electron chi connectivity index (χ0n) is 45.6. The Bertz CT molecular complexity index is 2740. The maximum absolute atomic E-state index is 13.6. The molecule has 1 unspecified atom stereocenters. The lowest BCUT2D eigenvalue weighted by atomic mass is 9.93. The number of cyclic esters (lactones) is 2. The van der Waals surface area contributed by atoms with Gasteiger partial charge in [0, 0.05) is 59.6 Å². The second-order valence-electron chi connectivity index (χ2n) is 21.7. The molecular formula is C58H71BrF9N7O4. The third-order valence-electron chi connectivity index (χ3n) is 16.4. The number of hydrogen-bond acceptors (Lipinski definition) is 9. The topological polar surface area (TPSA) is 94.6 Å². The van der Waals surface area contributed by atoms with Gasteiger partial charge < -0.3 is 24.2 Å². The summed E-state index contributed by atoms with van der Waals surface area (Å²) in [6, 6.07) is 9.02. The van der Waals surface area contributed by atoms with Crippen molar-refractivity contribution in [1.29, 1.82) is 0 Å². The Morgan fingerprint density at radius 2 is 1.03 bits per heavy atom. The zero-order chi connectivity index (χ0) is 57.1. The maximum Gasteiger partial charge on any atom is 0.416 e. The van der Waals surface area contributed by atoms with E-state index in [1.807, 2.05) is 25.3 Å². The molecule has 4 aromatic rings. The highest BCUT2D eigenvalue weighted by Crippen LogP contribution is 2.44. The van der Waals surface area contributed by atoms with Crippen LogP contribution in [0.4, 0.5) is 66.4 Å². The highest BCUT2D eigenvalue weighted by molar-refractivity contribution is 9.10. The molecule has 5 fully saturated rings. The summed E-state index contributed by atoms with van der Waals surface area (Å²) in [4.78, 5) is 45.7. The maximum atomic E-state index is 13.6. The molecule has 2 saturated carbocycles. The van der Waals surface area contributed by atoms with E-state index < -0.39 is 71.7 Å². The Morgan fingerprint density at radius 3 is 1.48 bits per heavy atom. The van der Waals surface area contributed by atoms with Crippen molar-refractivity contribution in [2.24, 2.45) is 0 Å². The number of nitrogens with zero attached hydrogens (tertiary/aromatic N) is 7. The van der Waals surface area contributed by atoms with Crippen LogP contribution in [0.25, 0.3) is 0 Å². The number of anilines is 3. The molecule has 0 N–H and O–H groups in total. The highest BCUT2D eigenvalue weighted by atomic mass is 79.9. The van der Waals surface area contributed by atoms with Crippen molar-refractivity contribution in [3.05, 3.63) is 110 Å². The van der Waals surface area contributed by atoms with Gasteiger partial charge in [0.1, 0.15) is 23.8 Å². The van der Waals surface area contributed by atoms with E-state index in [1.165, 1.54) is 30.6 Å². The normalized spacial score (nSPS) is 22.5. The Labute approximate surface area is 465 Å². The third kappa shape index (κ3) is 13.7. The lowest BCUT2D eigenvalue weighted by Crippen LogP contribution is -2.39. The number of carbonyl (C=O) groups is 2. The lowest BCUT2D eigenvalue weighted by Gasteiger charge is -2.37. The summed E-state index contributed by atoms with van der Waals surface area (Å²) in [5.41, 5.74) is -0.529. The van der Waals surface area contributed by atoms with E-state index in [0.29, 0.717) is 47.9 Å². The van der Waals surface area contributed by atoms with E-state index >= 15 is 0 Å². The predicted octanol–water partition coefficient (Wildman–Crippen LogP) is 16.2. The number of carbonyl (C=O) groups excluding carboxylic acids is 2.